The summed E-state index contributed by atoms with van der Waals surface area (Å²) in [5, 5.41) is 0. The van der Waals surface area contributed by atoms with Crippen molar-refractivity contribution in [2.75, 3.05) is 34.0 Å². The molecule has 1 aliphatic rings. The highest BCUT2D eigenvalue weighted by atomic mass is 16.6. The van der Waals surface area contributed by atoms with Crippen molar-refractivity contribution >= 4 is 12.0 Å². The fourth-order valence-corrected chi connectivity index (χ4v) is 4.30. The van der Waals surface area contributed by atoms with Gasteiger partial charge in [-0.2, -0.15) is 0 Å². The van der Waals surface area contributed by atoms with Crippen molar-refractivity contribution in [2.24, 2.45) is 0 Å². The van der Waals surface area contributed by atoms with E-state index in [1.807, 2.05) is 46.4 Å². The van der Waals surface area contributed by atoms with Crippen LogP contribution in [0.4, 0.5) is 4.79 Å². The molecule has 0 unspecified atom stereocenters. The normalized spacial score (nSPS) is 18.6. The first-order chi connectivity index (χ1) is 16.0. The molecule has 2 atom stereocenters. The molecule has 0 aromatic heterocycles. The summed E-state index contributed by atoms with van der Waals surface area (Å²) < 4.78 is 22.0. The smallest absolute Gasteiger partial charge is 0.410 e. The topological polar surface area (TPSA) is 77.5 Å². The van der Waals surface area contributed by atoms with Crippen LogP contribution in [0.1, 0.15) is 71.2 Å². The molecular weight excluding hydrogens is 436 g/mol. The maximum absolute atomic E-state index is 13.7. The van der Waals surface area contributed by atoms with E-state index in [1.165, 1.54) is 0 Å². The molecule has 1 aliphatic heterocycles. The van der Waals surface area contributed by atoms with Crippen molar-refractivity contribution in [3.8, 4) is 11.5 Å². The Labute approximate surface area is 204 Å². The van der Waals surface area contributed by atoms with Gasteiger partial charge in [-0.05, 0) is 72.6 Å². The maximum Gasteiger partial charge on any atom is 0.410 e. The standard InChI is InChI=1S/C26H42N2O6/c1-18(2)28(21-11-9-14-27(19(21)3)25(30)34-26(4,5)6)24(29)20-12-13-22(32-8)23(17-20)33-16-10-15-31-7/h12-13,17-19,21H,9-11,14-16H2,1-8H3/t19-,21-/m1/s1. The Morgan fingerprint density at radius 1 is 1.15 bits per heavy atom. The number of benzene rings is 1. The van der Waals surface area contributed by atoms with Crippen molar-refractivity contribution in [3.05, 3.63) is 23.8 Å². The minimum atomic E-state index is -0.569. The Balaban J connectivity index is 2.26. The SMILES string of the molecule is COCCCOc1cc(C(=O)N(C(C)C)[C@@H]2CCCN(C(=O)OC(C)(C)C)[C@@H]2C)ccc1OC. The van der Waals surface area contributed by atoms with Crippen LogP contribution in [0.3, 0.4) is 0 Å². The van der Waals surface area contributed by atoms with Gasteiger partial charge < -0.3 is 28.7 Å². The van der Waals surface area contributed by atoms with E-state index in [0.29, 0.717) is 36.8 Å². The molecule has 0 N–H and O–H groups in total. The van der Waals surface area contributed by atoms with Crippen LogP contribution in [-0.2, 0) is 9.47 Å². The van der Waals surface area contributed by atoms with E-state index in [-0.39, 0.29) is 30.1 Å². The van der Waals surface area contributed by atoms with E-state index in [9.17, 15) is 9.59 Å². The van der Waals surface area contributed by atoms with E-state index in [0.717, 1.165) is 19.3 Å². The summed E-state index contributed by atoms with van der Waals surface area (Å²) >= 11 is 0. The van der Waals surface area contributed by atoms with Crippen LogP contribution in [0.5, 0.6) is 11.5 Å². The number of carbonyl (C=O) groups excluding carboxylic acids is 2. The largest absolute Gasteiger partial charge is 0.493 e. The zero-order chi connectivity index (χ0) is 25.5. The lowest BCUT2D eigenvalue weighted by molar-refractivity contribution is -0.00951. The van der Waals surface area contributed by atoms with Gasteiger partial charge in [0.05, 0.1) is 25.8 Å². The van der Waals surface area contributed by atoms with Gasteiger partial charge in [-0.3, -0.25) is 4.79 Å². The highest BCUT2D eigenvalue weighted by molar-refractivity contribution is 5.95. The predicted octanol–water partition coefficient (Wildman–Crippen LogP) is 4.75. The van der Waals surface area contributed by atoms with Gasteiger partial charge in [0, 0.05) is 38.3 Å². The molecule has 0 aliphatic carbocycles. The zero-order valence-corrected chi connectivity index (χ0v) is 22.1. The van der Waals surface area contributed by atoms with Crippen LogP contribution < -0.4 is 9.47 Å². The van der Waals surface area contributed by atoms with E-state index < -0.39 is 5.60 Å². The number of nitrogens with zero attached hydrogens (tertiary/aromatic N) is 2. The number of hydrogen-bond acceptors (Lipinski definition) is 6. The molecule has 8 heteroatoms. The van der Waals surface area contributed by atoms with Crippen LogP contribution in [0.2, 0.25) is 0 Å². The van der Waals surface area contributed by atoms with E-state index >= 15 is 0 Å². The molecule has 8 nitrogen and oxygen atoms in total. The van der Waals surface area contributed by atoms with Crippen molar-refractivity contribution < 1.29 is 28.5 Å². The zero-order valence-electron chi connectivity index (χ0n) is 22.1. The first-order valence-electron chi connectivity index (χ1n) is 12.1. The average molecular weight is 479 g/mol. The second-order valence-electron chi connectivity index (χ2n) is 9.99. The molecule has 2 rings (SSSR count). The number of amides is 2. The van der Waals surface area contributed by atoms with Gasteiger partial charge >= 0.3 is 6.09 Å². The molecule has 192 valence electrons. The van der Waals surface area contributed by atoms with Crippen molar-refractivity contribution in [1.82, 2.24) is 9.80 Å². The van der Waals surface area contributed by atoms with Crippen LogP contribution in [0, 0.1) is 0 Å². The third-order valence-corrected chi connectivity index (χ3v) is 5.88. The number of methoxy groups -OCH3 is 2. The lowest BCUT2D eigenvalue weighted by Gasteiger charge is -2.46. The lowest BCUT2D eigenvalue weighted by Crippen LogP contribution is -2.59. The fraction of sp³-hybridized carbons (Fsp3) is 0.692. The second kappa shape index (κ2) is 12.3. The van der Waals surface area contributed by atoms with Crippen LogP contribution in [0.15, 0.2) is 18.2 Å². The summed E-state index contributed by atoms with van der Waals surface area (Å²) in [6, 6.07) is 4.92. The van der Waals surface area contributed by atoms with Gasteiger partial charge in [-0.1, -0.05) is 0 Å². The Kier molecular flexibility index (Phi) is 10.0. The third kappa shape index (κ3) is 7.26. The molecule has 1 saturated heterocycles. The first kappa shape index (κ1) is 27.8. The van der Waals surface area contributed by atoms with Gasteiger partial charge in [0.2, 0.25) is 0 Å². The third-order valence-electron chi connectivity index (χ3n) is 5.88. The van der Waals surface area contributed by atoms with Gasteiger partial charge in [0.25, 0.3) is 5.91 Å². The molecule has 34 heavy (non-hydrogen) atoms. The highest BCUT2D eigenvalue weighted by Crippen LogP contribution is 2.31. The Morgan fingerprint density at radius 2 is 1.85 bits per heavy atom. The molecule has 1 fully saturated rings. The first-order valence-corrected chi connectivity index (χ1v) is 12.1. The highest BCUT2D eigenvalue weighted by Gasteiger charge is 2.39. The summed E-state index contributed by atoms with van der Waals surface area (Å²) in [7, 11) is 3.23. The Morgan fingerprint density at radius 3 is 2.44 bits per heavy atom. The van der Waals surface area contributed by atoms with E-state index in [1.54, 1.807) is 37.3 Å². The summed E-state index contributed by atoms with van der Waals surface area (Å²) in [6.07, 6.45) is 2.02. The molecule has 0 bridgehead atoms. The van der Waals surface area contributed by atoms with Crippen molar-refractivity contribution in [3.63, 3.8) is 0 Å². The molecule has 0 spiro atoms. The summed E-state index contributed by atoms with van der Waals surface area (Å²) in [5.41, 5.74) is -0.0436. The van der Waals surface area contributed by atoms with Crippen LogP contribution in [0.25, 0.3) is 0 Å². The van der Waals surface area contributed by atoms with Gasteiger partial charge in [0.1, 0.15) is 5.60 Å². The lowest BCUT2D eigenvalue weighted by atomic mass is 9.94. The molecule has 0 saturated carbocycles. The van der Waals surface area contributed by atoms with E-state index in [4.69, 9.17) is 18.9 Å². The fourth-order valence-electron chi connectivity index (χ4n) is 4.30. The summed E-state index contributed by atoms with van der Waals surface area (Å²) in [5.74, 6) is 1.01. The molecule has 1 heterocycles. The van der Waals surface area contributed by atoms with Crippen LogP contribution >= 0.6 is 0 Å². The number of rotatable bonds is 9. The predicted molar refractivity (Wildman–Crippen MR) is 132 cm³/mol. The Bertz CT molecular complexity index is 820. The van der Waals surface area contributed by atoms with Crippen molar-refractivity contribution in [1.29, 1.82) is 0 Å². The molecule has 1 aromatic carbocycles. The van der Waals surface area contributed by atoms with Gasteiger partial charge in [-0.15, -0.1) is 0 Å². The number of likely N-dealkylation sites (tertiary alicyclic amines) is 1. The van der Waals surface area contributed by atoms with Gasteiger partial charge in [-0.25, -0.2) is 4.79 Å². The maximum atomic E-state index is 13.7. The quantitative estimate of drug-likeness (QED) is 0.477. The number of carbonyl (C=O) groups is 2. The minimum absolute atomic E-state index is 0.0493. The minimum Gasteiger partial charge on any atom is -0.493 e. The molecule has 2 amide bonds. The van der Waals surface area contributed by atoms with Crippen molar-refractivity contribution in [2.45, 2.75) is 84.5 Å². The Hall–Kier alpha value is -2.48. The monoisotopic (exact) mass is 478 g/mol. The molecule has 0 radical (unpaired) electrons. The van der Waals surface area contributed by atoms with Gasteiger partial charge in [0.15, 0.2) is 11.5 Å². The number of piperidine rings is 1. The summed E-state index contributed by atoms with van der Waals surface area (Å²) in [4.78, 5) is 30.2. The van der Waals surface area contributed by atoms with Crippen LogP contribution in [-0.4, -0.2) is 79.5 Å². The average Bonchev–Trinajstić information content (AvgIpc) is 2.76. The molecular formula is C26H42N2O6. The van der Waals surface area contributed by atoms with E-state index in [2.05, 4.69) is 0 Å². The second-order valence-corrected chi connectivity index (χ2v) is 9.99. The molecule has 1 aromatic rings. The number of hydrogen-bond donors (Lipinski definition) is 0. The number of ether oxygens (including phenoxy) is 4. The summed E-state index contributed by atoms with van der Waals surface area (Å²) in [6.45, 7) is 13.3.